The third-order valence-corrected chi connectivity index (χ3v) is 12.6. The number of hydrogen-bond donors (Lipinski definition) is 1. The first-order chi connectivity index (χ1) is 15.2. The quantitative estimate of drug-likeness (QED) is 0.490. The minimum absolute atomic E-state index is 0.0110. The van der Waals surface area contributed by atoms with Crippen LogP contribution < -0.4 is 0 Å². The van der Waals surface area contributed by atoms with Crippen molar-refractivity contribution in [2.24, 2.45) is 50.2 Å². The number of aliphatic hydroxyl groups excluding tert-OH is 1. The van der Waals surface area contributed by atoms with E-state index in [0.717, 1.165) is 51.4 Å². The van der Waals surface area contributed by atoms with Crippen LogP contribution in [-0.4, -0.2) is 23.3 Å². The number of ketones is 2. The van der Waals surface area contributed by atoms with Gasteiger partial charge in [0.15, 0.2) is 5.78 Å². The molecule has 0 aromatic carbocycles. The predicted molar refractivity (Wildman–Crippen MR) is 132 cm³/mol. The topological polar surface area (TPSA) is 54.4 Å². The van der Waals surface area contributed by atoms with Gasteiger partial charge in [-0.05, 0) is 90.9 Å². The van der Waals surface area contributed by atoms with Crippen LogP contribution >= 0.6 is 0 Å². The van der Waals surface area contributed by atoms with E-state index in [1.807, 2.05) is 0 Å². The molecule has 0 heterocycles. The molecule has 0 bridgehead atoms. The van der Waals surface area contributed by atoms with E-state index in [2.05, 4.69) is 54.5 Å². The summed E-state index contributed by atoms with van der Waals surface area (Å²) in [6.07, 6.45) is 11.0. The summed E-state index contributed by atoms with van der Waals surface area (Å²) < 4.78 is 0. The Balaban J connectivity index is 1.64. The van der Waals surface area contributed by atoms with Crippen molar-refractivity contribution in [3.8, 4) is 0 Å². The van der Waals surface area contributed by atoms with E-state index in [1.54, 1.807) is 0 Å². The van der Waals surface area contributed by atoms with Crippen molar-refractivity contribution in [3.63, 3.8) is 0 Å². The first-order valence-corrected chi connectivity index (χ1v) is 13.6. The average Bonchev–Trinajstić information content (AvgIpc) is 2.72. The number of carbonyl (C=O) groups excluding carboxylic acids is 2. The number of hydrogen-bond acceptors (Lipinski definition) is 3. The minimum atomic E-state index is -0.342. The minimum Gasteiger partial charge on any atom is -0.396 e. The van der Waals surface area contributed by atoms with Crippen molar-refractivity contribution in [2.75, 3.05) is 6.61 Å². The number of carbonyl (C=O) groups is 2. The van der Waals surface area contributed by atoms with Crippen molar-refractivity contribution in [1.29, 1.82) is 0 Å². The maximum absolute atomic E-state index is 14.2. The zero-order valence-electron chi connectivity index (χ0n) is 22.1. The molecule has 0 aliphatic heterocycles. The number of allylic oxidation sites excluding steroid dienone is 2. The third-order valence-electron chi connectivity index (χ3n) is 12.6. The fourth-order valence-electron chi connectivity index (χ4n) is 10.3. The Morgan fingerprint density at radius 2 is 1.58 bits per heavy atom. The van der Waals surface area contributed by atoms with E-state index in [0.29, 0.717) is 23.9 Å². The Hall–Kier alpha value is -0.960. The van der Waals surface area contributed by atoms with E-state index in [-0.39, 0.29) is 50.9 Å². The lowest BCUT2D eigenvalue weighted by Gasteiger charge is -2.70. The molecule has 33 heavy (non-hydrogen) atoms. The first-order valence-electron chi connectivity index (χ1n) is 13.6. The Morgan fingerprint density at radius 1 is 0.909 bits per heavy atom. The first kappa shape index (κ1) is 23.8. The average molecular weight is 455 g/mol. The fourth-order valence-corrected chi connectivity index (χ4v) is 10.3. The summed E-state index contributed by atoms with van der Waals surface area (Å²) in [5, 5.41) is 10.6. The van der Waals surface area contributed by atoms with Crippen LogP contribution in [0.5, 0.6) is 0 Å². The molecule has 0 aromatic heterocycles. The number of rotatable bonds is 1. The lowest BCUT2D eigenvalue weighted by atomic mass is 9.33. The molecule has 1 N–H and O–H groups in total. The van der Waals surface area contributed by atoms with Gasteiger partial charge in [0, 0.05) is 29.8 Å². The van der Waals surface area contributed by atoms with Crippen LogP contribution in [-0.2, 0) is 9.59 Å². The van der Waals surface area contributed by atoms with Crippen LogP contribution in [0.15, 0.2) is 11.6 Å². The Bertz CT molecular complexity index is 927. The molecule has 5 rings (SSSR count). The second kappa shape index (κ2) is 6.83. The molecular formula is C30H46O3. The SMILES string of the molecule is CC1(C)CCC2(CO)CCC3(C)C(=CC(=O)C4C5(C)CCC(=O)C(C)(C)C5CCC43C)C2C1. The molecule has 5 aliphatic carbocycles. The maximum Gasteiger partial charge on any atom is 0.159 e. The van der Waals surface area contributed by atoms with E-state index in [1.165, 1.54) is 5.57 Å². The molecule has 3 nitrogen and oxygen atoms in total. The Kier molecular flexibility index (Phi) is 4.92. The molecule has 0 saturated heterocycles. The molecule has 0 spiro atoms. The van der Waals surface area contributed by atoms with Crippen molar-refractivity contribution >= 4 is 11.6 Å². The Morgan fingerprint density at radius 3 is 2.24 bits per heavy atom. The molecule has 0 amide bonds. The van der Waals surface area contributed by atoms with Gasteiger partial charge in [0.05, 0.1) is 0 Å². The highest BCUT2D eigenvalue weighted by Crippen LogP contribution is 2.74. The summed E-state index contributed by atoms with van der Waals surface area (Å²) in [7, 11) is 0. The molecule has 4 saturated carbocycles. The molecule has 7 unspecified atom stereocenters. The van der Waals surface area contributed by atoms with Gasteiger partial charge in [-0.2, -0.15) is 0 Å². The molecule has 7 atom stereocenters. The molecular weight excluding hydrogens is 408 g/mol. The largest absolute Gasteiger partial charge is 0.396 e. The second-order valence-electron chi connectivity index (χ2n) is 14.9. The normalized spacial score (nSPS) is 50.4. The van der Waals surface area contributed by atoms with Gasteiger partial charge in [-0.1, -0.05) is 54.0 Å². The predicted octanol–water partition coefficient (Wildman–Crippen LogP) is 6.53. The van der Waals surface area contributed by atoms with Crippen LogP contribution in [0.2, 0.25) is 0 Å². The second-order valence-corrected chi connectivity index (χ2v) is 14.9. The molecule has 5 aliphatic rings. The van der Waals surface area contributed by atoms with E-state index >= 15 is 0 Å². The summed E-state index contributed by atoms with van der Waals surface area (Å²) in [5.74, 6) is 1.28. The van der Waals surface area contributed by atoms with E-state index in [9.17, 15) is 14.7 Å². The molecule has 4 fully saturated rings. The molecule has 184 valence electrons. The van der Waals surface area contributed by atoms with Gasteiger partial charge in [-0.25, -0.2) is 0 Å². The third kappa shape index (κ3) is 2.84. The van der Waals surface area contributed by atoms with Gasteiger partial charge in [0.1, 0.15) is 5.78 Å². The maximum atomic E-state index is 14.2. The van der Waals surface area contributed by atoms with Crippen LogP contribution in [0.3, 0.4) is 0 Å². The highest BCUT2D eigenvalue weighted by molar-refractivity contribution is 5.96. The van der Waals surface area contributed by atoms with Crippen LogP contribution in [0, 0.1) is 50.2 Å². The van der Waals surface area contributed by atoms with Gasteiger partial charge in [0.25, 0.3) is 0 Å². The summed E-state index contributed by atoms with van der Waals surface area (Å²) in [6.45, 7) is 16.5. The van der Waals surface area contributed by atoms with Crippen LogP contribution in [0.4, 0.5) is 0 Å². The molecule has 0 radical (unpaired) electrons. The van der Waals surface area contributed by atoms with Crippen LogP contribution in [0.1, 0.15) is 106 Å². The van der Waals surface area contributed by atoms with Gasteiger partial charge in [0.2, 0.25) is 0 Å². The number of fused-ring (bicyclic) bond motifs is 7. The summed E-state index contributed by atoms with van der Waals surface area (Å²) in [5.41, 5.74) is 1.01. The van der Waals surface area contributed by atoms with Crippen molar-refractivity contribution < 1.29 is 14.7 Å². The number of aliphatic hydroxyl groups is 1. The zero-order valence-corrected chi connectivity index (χ0v) is 22.1. The zero-order chi connectivity index (χ0) is 24.2. The number of Topliss-reactive ketones (excluding diaryl/α,β-unsaturated/α-hetero) is 1. The van der Waals surface area contributed by atoms with Crippen molar-refractivity contribution in [3.05, 3.63) is 11.6 Å². The summed E-state index contributed by atoms with van der Waals surface area (Å²) >= 11 is 0. The van der Waals surface area contributed by atoms with Crippen molar-refractivity contribution in [2.45, 2.75) is 106 Å². The van der Waals surface area contributed by atoms with E-state index < -0.39 is 0 Å². The van der Waals surface area contributed by atoms with Crippen molar-refractivity contribution in [1.82, 2.24) is 0 Å². The fraction of sp³-hybridized carbons (Fsp3) is 0.867. The summed E-state index contributed by atoms with van der Waals surface area (Å²) in [4.78, 5) is 27.1. The highest BCUT2D eigenvalue weighted by atomic mass is 16.3. The Labute approximate surface area is 201 Å². The lowest BCUT2D eigenvalue weighted by Crippen LogP contribution is -2.66. The van der Waals surface area contributed by atoms with Gasteiger partial charge in [-0.3, -0.25) is 9.59 Å². The summed E-state index contributed by atoms with van der Waals surface area (Å²) in [6, 6.07) is 0. The highest BCUT2D eigenvalue weighted by Gasteiger charge is 2.70. The molecule has 0 aromatic rings. The lowest BCUT2D eigenvalue weighted by molar-refractivity contribution is -0.189. The monoisotopic (exact) mass is 454 g/mol. The smallest absolute Gasteiger partial charge is 0.159 e. The molecule has 3 heteroatoms. The van der Waals surface area contributed by atoms with Crippen LogP contribution in [0.25, 0.3) is 0 Å². The van der Waals surface area contributed by atoms with Gasteiger partial charge >= 0.3 is 0 Å². The van der Waals surface area contributed by atoms with E-state index in [4.69, 9.17) is 0 Å². The van der Waals surface area contributed by atoms with Gasteiger partial charge < -0.3 is 5.11 Å². The standard InChI is InChI=1S/C30H46O3/c1-25(2)12-14-30(18-31)15-13-28(6)19(20(30)17-25)16-21(32)24-27(5)10-9-23(33)26(3,4)22(27)8-11-29(24,28)7/h16,20,22,24,31H,8-15,17-18H2,1-7H3. The van der Waals surface area contributed by atoms with Gasteiger partial charge in [-0.15, -0.1) is 0 Å².